The van der Waals surface area contributed by atoms with Crippen LogP contribution in [0.5, 0.6) is 5.75 Å². The Balaban J connectivity index is 2.44. The van der Waals surface area contributed by atoms with Crippen molar-refractivity contribution in [3.8, 4) is 5.75 Å². The maximum absolute atomic E-state index is 10.8. The Morgan fingerprint density at radius 3 is 2.70 bits per heavy atom. The molecule has 0 saturated heterocycles. The molecule has 0 spiro atoms. The molecule has 5 nitrogen and oxygen atoms in total. The molecule has 0 unspecified atom stereocenters. The van der Waals surface area contributed by atoms with Crippen molar-refractivity contribution < 1.29 is 10.0 Å². The lowest BCUT2D eigenvalue weighted by Gasteiger charge is -2.02. The molecule has 0 aliphatic carbocycles. The normalized spacial score (nSPS) is 10.9. The Labute approximate surface area is 133 Å². The summed E-state index contributed by atoms with van der Waals surface area (Å²) in [4.78, 5) is 14.3. The maximum Gasteiger partial charge on any atom is 0.312 e. The van der Waals surface area contributed by atoms with Gasteiger partial charge in [-0.15, -0.1) is 0 Å². The molecule has 20 heavy (non-hydrogen) atoms. The third-order valence-corrected chi connectivity index (χ3v) is 3.61. The number of phenolic OH excluding ortho intramolecular Hbond substituents is 1. The van der Waals surface area contributed by atoms with Crippen LogP contribution in [0.3, 0.4) is 0 Å². The second-order valence-electron chi connectivity index (χ2n) is 3.83. The van der Waals surface area contributed by atoms with Gasteiger partial charge in [0.25, 0.3) is 0 Å². The molecule has 2 aromatic rings. The van der Waals surface area contributed by atoms with Crippen molar-refractivity contribution in [2.45, 2.75) is 0 Å². The number of rotatable bonds is 3. The van der Waals surface area contributed by atoms with Gasteiger partial charge in [0.05, 0.1) is 10.6 Å². The summed E-state index contributed by atoms with van der Waals surface area (Å²) >= 11 is 7.93. The van der Waals surface area contributed by atoms with E-state index >= 15 is 0 Å². The fraction of sp³-hybridized carbons (Fsp3) is 0. The Bertz CT molecular complexity index is 704. The zero-order valence-electron chi connectivity index (χ0n) is 9.96. The van der Waals surface area contributed by atoms with Gasteiger partial charge >= 0.3 is 5.69 Å². The number of aliphatic imine (C=N–C) groups is 1. The molecule has 1 N–H and O–H groups in total. The van der Waals surface area contributed by atoms with Gasteiger partial charge in [-0.3, -0.25) is 15.1 Å². The minimum Gasteiger partial charge on any atom is -0.502 e. The summed E-state index contributed by atoms with van der Waals surface area (Å²) in [6.45, 7) is 0. The fourth-order valence-corrected chi connectivity index (χ4v) is 2.29. The van der Waals surface area contributed by atoms with Crippen molar-refractivity contribution in [1.82, 2.24) is 0 Å². The van der Waals surface area contributed by atoms with Gasteiger partial charge in [0.15, 0.2) is 0 Å². The second kappa shape index (κ2) is 6.19. The van der Waals surface area contributed by atoms with Gasteiger partial charge in [0.2, 0.25) is 5.75 Å². The van der Waals surface area contributed by atoms with E-state index in [1.54, 1.807) is 6.07 Å². The quantitative estimate of drug-likeness (QED) is 0.360. The van der Waals surface area contributed by atoms with E-state index in [0.29, 0.717) is 5.69 Å². The average Bonchev–Trinajstić information content (AvgIpc) is 2.40. The van der Waals surface area contributed by atoms with Crippen molar-refractivity contribution in [3.05, 3.63) is 60.7 Å². The molecular formula is C13H8ClIN2O3. The molecule has 2 aromatic carbocycles. The predicted octanol–water partition coefficient (Wildman–Crippen LogP) is 4.31. The molecule has 0 bridgehead atoms. The van der Waals surface area contributed by atoms with Crippen LogP contribution in [0.4, 0.5) is 11.4 Å². The minimum atomic E-state index is -0.690. The van der Waals surface area contributed by atoms with E-state index in [1.807, 2.05) is 18.2 Å². The SMILES string of the molecule is O=[N+]([O-])c1cc(Cl)cc(C=Nc2ccccc2I)c1O. The summed E-state index contributed by atoms with van der Waals surface area (Å²) in [5.41, 5.74) is 0.459. The number of aromatic hydroxyl groups is 1. The van der Waals surface area contributed by atoms with Crippen molar-refractivity contribution in [1.29, 1.82) is 0 Å². The molecule has 0 amide bonds. The van der Waals surface area contributed by atoms with E-state index < -0.39 is 16.4 Å². The Hall–Kier alpha value is -1.67. The third-order valence-electron chi connectivity index (χ3n) is 2.48. The van der Waals surface area contributed by atoms with Crippen LogP contribution in [0.1, 0.15) is 5.56 Å². The number of halogens is 2. The van der Waals surface area contributed by atoms with Crippen LogP contribution in [0.15, 0.2) is 41.4 Å². The number of hydrogen-bond donors (Lipinski definition) is 1. The number of nitrogens with zero attached hydrogens (tertiary/aromatic N) is 2. The van der Waals surface area contributed by atoms with Gasteiger partial charge < -0.3 is 5.11 Å². The zero-order chi connectivity index (χ0) is 14.7. The first-order chi connectivity index (χ1) is 9.49. The highest BCUT2D eigenvalue weighted by atomic mass is 127. The van der Waals surface area contributed by atoms with Crippen molar-refractivity contribution >= 4 is 51.8 Å². The Morgan fingerprint density at radius 2 is 2.05 bits per heavy atom. The number of benzene rings is 2. The molecule has 0 aromatic heterocycles. The third kappa shape index (κ3) is 3.26. The monoisotopic (exact) mass is 402 g/mol. The van der Waals surface area contributed by atoms with Crippen LogP contribution >= 0.6 is 34.2 Å². The van der Waals surface area contributed by atoms with E-state index in [1.165, 1.54) is 12.3 Å². The van der Waals surface area contributed by atoms with E-state index in [2.05, 4.69) is 27.6 Å². The van der Waals surface area contributed by atoms with Gasteiger partial charge in [-0.05, 0) is 40.8 Å². The molecule has 0 aliphatic rings. The van der Waals surface area contributed by atoms with Crippen LogP contribution in [0.25, 0.3) is 0 Å². The highest BCUT2D eigenvalue weighted by Gasteiger charge is 2.17. The molecule has 2 rings (SSSR count). The van der Waals surface area contributed by atoms with E-state index in [0.717, 1.165) is 9.64 Å². The first kappa shape index (κ1) is 14.7. The molecule has 7 heteroatoms. The van der Waals surface area contributed by atoms with E-state index in [4.69, 9.17) is 11.6 Å². The fourth-order valence-electron chi connectivity index (χ4n) is 1.54. The first-order valence-electron chi connectivity index (χ1n) is 5.44. The first-order valence-corrected chi connectivity index (χ1v) is 6.90. The summed E-state index contributed by atoms with van der Waals surface area (Å²) in [5.74, 6) is -0.450. The minimum absolute atomic E-state index is 0.165. The van der Waals surface area contributed by atoms with Crippen molar-refractivity contribution in [2.24, 2.45) is 4.99 Å². The van der Waals surface area contributed by atoms with Crippen LogP contribution in [-0.2, 0) is 0 Å². The maximum atomic E-state index is 10.8. The lowest BCUT2D eigenvalue weighted by Crippen LogP contribution is -1.92. The molecule has 0 heterocycles. The van der Waals surface area contributed by atoms with E-state index in [9.17, 15) is 15.2 Å². The van der Waals surface area contributed by atoms with Crippen LogP contribution < -0.4 is 0 Å². The Kier molecular flexibility index (Phi) is 4.56. The summed E-state index contributed by atoms with van der Waals surface area (Å²) in [6.07, 6.45) is 1.35. The van der Waals surface area contributed by atoms with E-state index in [-0.39, 0.29) is 10.6 Å². The molecule has 0 saturated carbocycles. The number of hydrogen-bond acceptors (Lipinski definition) is 4. The van der Waals surface area contributed by atoms with Gasteiger partial charge in [0, 0.05) is 26.4 Å². The standard InChI is InChI=1S/C13H8ClIN2O3/c14-9-5-8(13(18)12(6-9)17(19)20)7-16-11-4-2-1-3-10(11)15/h1-7,18H. The molecule has 0 fully saturated rings. The van der Waals surface area contributed by atoms with Gasteiger partial charge in [0.1, 0.15) is 0 Å². The average molecular weight is 403 g/mol. The topological polar surface area (TPSA) is 75.7 Å². The number of nitro groups is 1. The molecule has 0 radical (unpaired) electrons. The van der Waals surface area contributed by atoms with Crippen LogP contribution in [-0.4, -0.2) is 16.2 Å². The smallest absolute Gasteiger partial charge is 0.312 e. The Morgan fingerprint density at radius 1 is 1.35 bits per heavy atom. The molecule has 0 atom stereocenters. The van der Waals surface area contributed by atoms with Crippen molar-refractivity contribution in [2.75, 3.05) is 0 Å². The molecule has 0 aliphatic heterocycles. The summed E-state index contributed by atoms with van der Waals surface area (Å²) in [5, 5.41) is 20.8. The molecule has 102 valence electrons. The van der Waals surface area contributed by atoms with Crippen LogP contribution in [0, 0.1) is 13.7 Å². The number of nitro benzene ring substituents is 1. The zero-order valence-corrected chi connectivity index (χ0v) is 12.9. The van der Waals surface area contributed by atoms with Gasteiger partial charge in [-0.2, -0.15) is 0 Å². The largest absolute Gasteiger partial charge is 0.502 e. The lowest BCUT2D eigenvalue weighted by atomic mass is 10.2. The van der Waals surface area contributed by atoms with Gasteiger partial charge in [-0.1, -0.05) is 23.7 Å². The second-order valence-corrected chi connectivity index (χ2v) is 5.43. The lowest BCUT2D eigenvalue weighted by molar-refractivity contribution is -0.385. The van der Waals surface area contributed by atoms with Crippen LogP contribution in [0.2, 0.25) is 5.02 Å². The number of phenols is 1. The highest BCUT2D eigenvalue weighted by molar-refractivity contribution is 14.1. The van der Waals surface area contributed by atoms with Crippen molar-refractivity contribution in [3.63, 3.8) is 0 Å². The predicted molar refractivity (Wildman–Crippen MR) is 86.2 cm³/mol. The van der Waals surface area contributed by atoms with Gasteiger partial charge in [-0.25, -0.2) is 0 Å². The molecular weight excluding hydrogens is 395 g/mol. The summed E-state index contributed by atoms with van der Waals surface area (Å²) in [6, 6.07) is 9.91. The number of para-hydroxylation sites is 1. The highest BCUT2D eigenvalue weighted by Crippen LogP contribution is 2.32. The summed E-state index contributed by atoms with van der Waals surface area (Å²) in [7, 11) is 0. The summed E-state index contributed by atoms with van der Waals surface area (Å²) < 4.78 is 0.928.